The van der Waals surface area contributed by atoms with Crippen molar-refractivity contribution in [2.75, 3.05) is 19.5 Å². The predicted molar refractivity (Wildman–Crippen MR) is 68.3 cm³/mol. The van der Waals surface area contributed by atoms with Crippen molar-refractivity contribution in [1.29, 1.82) is 0 Å². The molecule has 0 aliphatic rings. The zero-order valence-corrected chi connectivity index (χ0v) is 10.7. The fourth-order valence-electron chi connectivity index (χ4n) is 1.59. The van der Waals surface area contributed by atoms with Gasteiger partial charge in [-0.05, 0) is 25.1 Å². The van der Waals surface area contributed by atoms with Crippen molar-refractivity contribution in [2.45, 2.75) is 6.92 Å². The molecule has 1 N–H and O–H groups in total. The van der Waals surface area contributed by atoms with E-state index in [9.17, 15) is 4.39 Å². The van der Waals surface area contributed by atoms with Gasteiger partial charge in [0, 0.05) is 7.05 Å². The molecule has 0 aliphatic carbocycles. The Morgan fingerprint density at radius 1 is 1.41 bits per heavy atom. The number of ether oxygens (including phenoxy) is 1. The molecule has 2 aromatic rings. The molecule has 0 unspecified atom stereocenters. The van der Waals surface area contributed by atoms with Gasteiger partial charge in [-0.15, -0.1) is 0 Å². The van der Waals surface area contributed by atoms with Gasteiger partial charge in [0.15, 0.2) is 0 Å². The molecule has 17 heavy (non-hydrogen) atoms. The largest absolute Gasteiger partial charge is 0.496 e. The van der Waals surface area contributed by atoms with Crippen LogP contribution in [-0.4, -0.2) is 19.1 Å². The molecule has 2 rings (SSSR count). The van der Waals surface area contributed by atoms with E-state index in [0.717, 1.165) is 15.7 Å². The second-order valence-corrected chi connectivity index (χ2v) is 4.53. The third-order valence-corrected chi connectivity index (χ3v) is 3.62. The molecule has 90 valence electrons. The molecule has 0 amide bonds. The van der Waals surface area contributed by atoms with Crippen molar-refractivity contribution in [3.05, 3.63) is 29.7 Å². The molecular formula is C12H13FN2OS. The fourth-order valence-corrected chi connectivity index (χ4v) is 2.53. The first kappa shape index (κ1) is 11.9. The summed E-state index contributed by atoms with van der Waals surface area (Å²) in [5.74, 6) is 0.336. The summed E-state index contributed by atoms with van der Waals surface area (Å²) in [5.41, 5.74) is 1.58. The van der Waals surface area contributed by atoms with Crippen LogP contribution in [0.2, 0.25) is 0 Å². The van der Waals surface area contributed by atoms with Gasteiger partial charge in [0.1, 0.15) is 21.6 Å². The Bertz CT molecular complexity index is 539. The summed E-state index contributed by atoms with van der Waals surface area (Å²) in [5, 5.41) is 4.79. The van der Waals surface area contributed by atoms with Crippen molar-refractivity contribution < 1.29 is 9.13 Å². The Morgan fingerprint density at radius 2 is 2.18 bits per heavy atom. The van der Waals surface area contributed by atoms with Crippen molar-refractivity contribution in [1.82, 2.24) is 4.98 Å². The van der Waals surface area contributed by atoms with E-state index in [1.54, 1.807) is 13.2 Å². The van der Waals surface area contributed by atoms with Gasteiger partial charge in [-0.2, -0.15) is 0 Å². The Balaban J connectivity index is 2.54. The summed E-state index contributed by atoms with van der Waals surface area (Å²) < 4.78 is 18.5. The molecule has 1 heterocycles. The molecule has 3 nitrogen and oxygen atoms in total. The van der Waals surface area contributed by atoms with Gasteiger partial charge in [-0.1, -0.05) is 11.3 Å². The first-order valence-corrected chi connectivity index (χ1v) is 5.96. The number of rotatable bonds is 3. The summed E-state index contributed by atoms with van der Waals surface area (Å²) in [6.07, 6.45) is 0. The maximum atomic E-state index is 13.3. The number of anilines is 1. The van der Waals surface area contributed by atoms with Crippen LogP contribution in [-0.2, 0) is 0 Å². The standard InChI is InChI=1S/C12H13FN2OS/c1-7-11(14-2)17-12(15-7)9-6-8(13)4-5-10(9)16-3/h4-6,14H,1-3H3. The van der Waals surface area contributed by atoms with E-state index in [1.807, 2.05) is 14.0 Å². The van der Waals surface area contributed by atoms with E-state index < -0.39 is 0 Å². The number of thiazole rings is 1. The first-order valence-electron chi connectivity index (χ1n) is 5.14. The first-order chi connectivity index (χ1) is 8.15. The van der Waals surface area contributed by atoms with E-state index >= 15 is 0 Å². The maximum Gasteiger partial charge on any atom is 0.129 e. The molecule has 0 atom stereocenters. The molecule has 0 fully saturated rings. The highest BCUT2D eigenvalue weighted by Gasteiger charge is 2.13. The van der Waals surface area contributed by atoms with Crippen LogP contribution in [0.15, 0.2) is 18.2 Å². The molecule has 0 bridgehead atoms. The number of nitrogens with zero attached hydrogens (tertiary/aromatic N) is 1. The smallest absolute Gasteiger partial charge is 0.129 e. The van der Waals surface area contributed by atoms with Crippen LogP contribution in [0.4, 0.5) is 9.39 Å². The number of hydrogen-bond donors (Lipinski definition) is 1. The lowest BCUT2D eigenvalue weighted by atomic mass is 10.2. The zero-order valence-electron chi connectivity index (χ0n) is 9.87. The quantitative estimate of drug-likeness (QED) is 0.910. The minimum absolute atomic E-state index is 0.292. The van der Waals surface area contributed by atoms with E-state index in [-0.39, 0.29) is 5.82 Å². The van der Waals surface area contributed by atoms with Crippen LogP contribution in [0, 0.1) is 12.7 Å². The molecule has 0 saturated heterocycles. The van der Waals surface area contributed by atoms with Crippen LogP contribution in [0.3, 0.4) is 0 Å². The SMILES string of the molecule is CNc1sc(-c2cc(F)ccc2OC)nc1C. The van der Waals surface area contributed by atoms with Gasteiger partial charge in [0.05, 0.1) is 18.4 Å². The molecule has 0 radical (unpaired) electrons. The van der Waals surface area contributed by atoms with Crippen molar-refractivity contribution in [2.24, 2.45) is 0 Å². The summed E-state index contributed by atoms with van der Waals surface area (Å²) in [7, 11) is 3.41. The Kier molecular flexibility index (Phi) is 3.28. The second-order valence-electron chi connectivity index (χ2n) is 3.53. The number of benzene rings is 1. The number of hydrogen-bond acceptors (Lipinski definition) is 4. The van der Waals surface area contributed by atoms with Crippen LogP contribution >= 0.6 is 11.3 Å². The third kappa shape index (κ3) is 2.24. The van der Waals surface area contributed by atoms with Crippen LogP contribution in [0.25, 0.3) is 10.6 Å². The lowest BCUT2D eigenvalue weighted by Crippen LogP contribution is -1.89. The number of aryl methyl sites for hydroxylation is 1. The van der Waals surface area contributed by atoms with Crippen LogP contribution in [0.1, 0.15) is 5.69 Å². The Morgan fingerprint density at radius 3 is 2.76 bits per heavy atom. The van der Waals surface area contributed by atoms with Crippen molar-refractivity contribution in [3.8, 4) is 16.3 Å². The highest BCUT2D eigenvalue weighted by molar-refractivity contribution is 7.19. The van der Waals surface area contributed by atoms with E-state index in [4.69, 9.17) is 4.74 Å². The number of methoxy groups -OCH3 is 1. The topological polar surface area (TPSA) is 34.1 Å². The molecule has 0 spiro atoms. The van der Waals surface area contributed by atoms with Gasteiger partial charge in [-0.3, -0.25) is 0 Å². The zero-order chi connectivity index (χ0) is 12.4. The highest BCUT2D eigenvalue weighted by atomic mass is 32.1. The van der Waals surface area contributed by atoms with Crippen molar-refractivity contribution >= 4 is 16.3 Å². The minimum atomic E-state index is -0.292. The Labute approximate surface area is 103 Å². The van der Waals surface area contributed by atoms with E-state index in [2.05, 4.69) is 10.3 Å². The van der Waals surface area contributed by atoms with Gasteiger partial charge in [0.2, 0.25) is 0 Å². The highest BCUT2D eigenvalue weighted by Crippen LogP contribution is 2.36. The number of aromatic nitrogens is 1. The Hall–Kier alpha value is -1.62. The summed E-state index contributed by atoms with van der Waals surface area (Å²) in [4.78, 5) is 4.41. The van der Waals surface area contributed by atoms with Gasteiger partial charge < -0.3 is 10.1 Å². The molecule has 5 heteroatoms. The lowest BCUT2D eigenvalue weighted by Gasteiger charge is -2.05. The van der Waals surface area contributed by atoms with E-state index in [0.29, 0.717) is 11.3 Å². The lowest BCUT2D eigenvalue weighted by molar-refractivity contribution is 0.415. The maximum absolute atomic E-state index is 13.3. The summed E-state index contributed by atoms with van der Waals surface area (Å²) >= 11 is 1.48. The monoisotopic (exact) mass is 252 g/mol. The number of nitrogens with one attached hydrogen (secondary N) is 1. The average molecular weight is 252 g/mol. The minimum Gasteiger partial charge on any atom is -0.496 e. The fraction of sp³-hybridized carbons (Fsp3) is 0.250. The van der Waals surface area contributed by atoms with Crippen LogP contribution in [0.5, 0.6) is 5.75 Å². The van der Waals surface area contributed by atoms with Gasteiger partial charge in [-0.25, -0.2) is 9.37 Å². The normalized spacial score (nSPS) is 10.4. The summed E-state index contributed by atoms with van der Waals surface area (Å²) in [6, 6.07) is 4.43. The molecule has 0 aliphatic heterocycles. The molecule has 1 aromatic heterocycles. The molecule has 1 aromatic carbocycles. The van der Waals surface area contributed by atoms with E-state index in [1.165, 1.54) is 23.5 Å². The van der Waals surface area contributed by atoms with Gasteiger partial charge >= 0.3 is 0 Å². The molecular weight excluding hydrogens is 239 g/mol. The third-order valence-electron chi connectivity index (χ3n) is 2.42. The number of halogens is 1. The molecule has 0 saturated carbocycles. The predicted octanol–water partition coefficient (Wildman–Crippen LogP) is 3.31. The second kappa shape index (κ2) is 4.71. The van der Waals surface area contributed by atoms with Crippen molar-refractivity contribution in [3.63, 3.8) is 0 Å². The summed E-state index contributed by atoms with van der Waals surface area (Å²) in [6.45, 7) is 1.91. The van der Waals surface area contributed by atoms with Gasteiger partial charge in [0.25, 0.3) is 0 Å². The van der Waals surface area contributed by atoms with Crippen LogP contribution < -0.4 is 10.1 Å². The average Bonchev–Trinajstić information content (AvgIpc) is 2.70.